The minimum atomic E-state index is -0.712. The molecule has 0 bridgehead atoms. The minimum Gasteiger partial charge on any atom is -0.338 e. The molecule has 0 saturated heterocycles. The zero-order valence-electron chi connectivity index (χ0n) is 14.5. The molecule has 0 spiro atoms. The highest BCUT2D eigenvalue weighted by atomic mass is 32.2. The highest BCUT2D eigenvalue weighted by Crippen LogP contribution is 2.35. The molecular weight excluding hydrogens is 384 g/mol. The molecule has 140 valence electrons. The fourth-order valence-electron chi connectivity index (χ4n) is 2.32. The number of amides is 3. The molecular formula is C17H18N6O2S2. The summed E-state index contributed by atoms with van der Waals surface area (Å²) in [5.74, 6) is 6.19. The molecule has 3 amide bonds. The predicted molar refractivity (Wildman–Crippen MR) is 106 cm³/mol. The SMILES string of the molecule is CCNC(=O)NC(=O)[C@@H](Sc1nnc(-c2cccs2)n1N)c1ccccc1. The monoisotopic (exact) mass is 402 g/mol. The molecule has 0 fully saturated rings. The lowest BCUT2D eigenvalue weighted by Crippen LogP contribution is -2.41. The van der Waals surface area contributed by atoms with Crippen LogP contribution in [0, 0.1) is 0 Å². The number of nitrogen functional groups attached to an aromatic ring is 1. The number of thiophene rings is 1. The molecule has 1 atom stereocenters. The highest BCUT2D eigenvalue weighted by molar-refractivity contribution is 8.00. The molecule has 0 aliphatic rings. The summed E-state index contributed by atoms with van der Waals surface area (Å²) in [6, 6.07) is 12.4. The number of benzene rings is 1. The summed E-state index contributed by atoms with van der Waals surface area (Å²) in [5.41, 5.74) is 0.727. The fourth-order valence-corrected chi connectivity index (χ4v) is 3.98. The Balaban J connectivity index is 1.86. The number of urea groups is 1. The number of thioether (sulfide) groups is 1. The Bertz CT molecular complexity index is 911. The quantitative estimate of drug-likeness (QED) is 0.431. The number of rotatable bonds is 6. The number of carbonyl (C=O) groups is 2. The van der Waals surface area contributed by atoms with Crippen LogP contribution in [-0.4, -0.2) is 33.4 Å². The summed E-state index contributed by atoms with van der Waals surface area (Å²) in [7, 11) is 0. The molecule has 0 aliphatic heterocycles. The van der Waals surface area contributed by atoms with Crippen LogP contribution in [-0.2, 0) is 4.79 Å². The van der Waals surface area contributed by atoms with Crippen LogP contribution in [0.1, 0.15) is 17.7 Å². The predicted octanol–water partition coefficient (Wildman–Crippen LogP) is 2.40. The third kappa shape index (κ3) is 4.47. The number of imide groups is 1. The van der Waals surface area contributed by atoms with Gasteiger partial charge in [0.2, 0.25) is 11.1 Å². The third-order valence-electron chi connectivity index (χ3n) is 3.54. The Morgan fingerprint density at radius 1 is 1.22 bits per heavy atom. The van der Waals surface area contributed by atoms with E-state index in [1.807, 2.05) is 47.8 Å². The second kappa shape index (κ2) is 8.69. The van der Waals surface area contributed by atoms with Gasteiger partial charge in [-0.2, -0.15) is 0 Å². The second-order valence-electron chi connectivity index (χ2n) is 5.41. The topological polar surface area (TPSA) is 115 Å². The number of carbonyl (C=O) groups excluding carboxylic acids is 2. The lowest BCUT2D eigenvalue weighted by Gasteiger charge is -2.16. The van der Waals surface area contributed by atoms with Crippen LogP contribution < -0.4 is 16.5 Å². The molecule has 27 heavy (non-hydrogen) atoms. The highest BCUT2D eigenvalue weighted by Gasteiger charge is 2.26. The molecule has 3 rings (SSSR count). The third-order valence-corrected chi connectivity index (χ3v) is 5.62. The maximum absolute atomic E-state index is 12.7. The summed E-state index contributed by atoms with van der Waals surface area (Å²) in [5, 5.41) is 14.7. The molecule has 0 saturated carbocycles. The molecule has 3 aromatic rings. The Hall–Kier alpha value is -2.85. The van der Waals surface area contributed by atoms with Crippen molar-refractivity contribution in [2.45, 2.75) is 17.3 Å². The van der Waals surface area contributed by atoms with Gasteiger partial charge in [0.25, 0.3) is 0 Å². The molecule has 1 aromatic carbocycles. The summed E-state index contributed by atoms with van der Waals surface area (Å²) in [4.78, 5) is 25.3. The average molecular weight is 403 g/mol. The number of nitrogens with zero attached hydrogens (tertiary/aromatic N) is 3. The first kappa shape index (κ1) is 18.9. The van der Waals surface area contributed by atoms with Gasteiger partial charge in [0.1, 0.15) is 5.25 Å². The van der Waals surface area contributed by atoms with Gasteiger partial charge < -0.3 is 11.2 Å². The largest absolute Gasteiger partial charge is 0.338 e. The summed E-state index contributed by atoms with van der Waals surface area (Å²) in [6.45, 7) is 2.19. The van der Waals surface area contributed by atoms with Crippen molar-refractivity contribution in [3.8, 4) is 10.7 Å². The molecule has 0 unspecified atom stereocenters. The van der Waals surface area contributed by atoms with Crippen LogP contribution in [0.4, 0.5) is 4.79 Å². The van der Waals surface area contributed by atoms with Crippen molar-refractivity contribution < 1.29 is 9.59 Å². The zero-order chi connectivity index (χ0) is 19.2. The molecule has 0 radical (unpaired) electrons. The van der Waals surface area contributed by atoms with Crippen molar-refractivity contribution in [1.29, 1.82) is 0 Å². The van der Waals surface area contributed by atoms with E-state index in [1.165, 1.54) is 16.0 Å². The van der Waals surface area contributed by atoms with E-state index >= 15 is 0 Å². The van der Waals surface area contributed by atoms with Gasteiger partial charge in [0, 0.05) is 6.54 Å². The lowest BCUT2D eigenvalue weighted by atomic mass is 10.1. The van der Waals surface area contributed by atoms with Gasteiger partial charge in [-0.15, -0.1) is 21.5 Å². The van der Waals surface area contributed by atoms with E-state index in [0.717, 1.165) is 22.2 Å². The van der Waals surface area contributed by atoms with E-state index in [1.54, 1.807) is 6.92 Å². The van der Waals surface area contributed by atoms with Gasteiger partial charge in [-0.1, -0.05) is 48.2 Å². The van der Waals surface area contributed by atoms with Gasteiger partial charge in [-0.25, -0.2) is 9.47 Å². The second-order valence-corrected chi connectivity index (χ2v) is 7.43. The van der Waals surface area contributed by atoms with E-state index in [2.05, 4.69) is 20.8 Å². The maximum Gasteiger partial charge on any atom is 0.321 e. The summed E-state index contributed by atoms with van der Waals surface area (Å²) in [6.07, 6.45) is 0. The summed E-state index contributed by atoms with van der Waals surface area (Å²) < 4.78 is 1.35. The zero-order valence-corrected chi connectivity index (χ0v) is 16.1. The van der Waals surface area contributed by atoms with E-state index in [4.69, 9.17) is 5.84 Å². The van der Waals surface area contributed by atoms with Crippen molar-refractivity contribution in [2.75, 3.05) is 12.4 Å². The Labute approximate surface area is 164 Å². The van der Waals surface area contributed by atoms with Crippen molar-refractivity contribution in [3.63, 3.8) is 0 Å². The van der Waals surface area contributed by atoms with Crippen molar-refractivity contribution in [2.24, 2.45) is 0 Å². The Morgan fingerprint density at radius 3 is 2.67 bits per heavy atom. The van der Waals surface area contributed by atoms with Gasteiger partial charge >= 0.3 is 6.03 Å². The van der Waals surface area contributed by atoms with E-state index < -0.39 is 17.2 Å². The molecule has 8 nitrogen and oxygen atoms in total. The first-order chi connectivity index (χ1) is 13.1. The smallest absolute Gasteiger partial charge is 0.321 e. The number of nitrogens with two attached hydrogens (primary N) is 1. The number of hydrogen-bond acceptors (Lipinski definition) is 7. The van der Waals surface area contributed by atoms with Crippen LogP contribution in [0.15, 0.2) is 53.0 Å². The van der Waals surface area contributed by atoms with Crippen LogP contribution in [0.25, 0.3) is 10.7 Å². The standard InChI is InChI=1S/C17H18N6O2S2/c1-2-19-16(25)20-15(24)13(11-7-4-3-5-8-11)27-17-22-21-14(23(17)18)12-9-6-10-26-12/h3-10,13H,2,18H2,1H3,(H2,19,20,24,25)/t13-/m0/s1. The summed E-state index contributed by atoms with van der Waals surface area (Å²) >= 11 is 2.63. The van der Waals surface area contributed by atoms with Crippen molar-refractivity contribution in [3.05, 3.63) is 53.4 Å². The van der Waals surface area contributed by atoms with Crippen molar-refractivity contribution >= 4 is 35.0 Å². The van der Waals surface area contributed by atoms with Crippen LogP contribution in [0.5, 0.6) is 0 Å². The number of aromatic nitrogens is 3. The van der Waals surface area contributed by atoms with Crippen LogP contribution in [0.2, 0.25) is 0 Å². The van der Waals surface area contributed by atoms with Gasteiger partial charge in [0.05, 0.1) is 4.88 Å². The number of hydrogen-bond donors (Lipinski definition) is 3. The van der Waals surface area contributed by atoms with Crippen molar-refractivity contribution in [1.82, 2.24) is 25.5 Å². The van der Waals surface area contributed by atoms with Gasteiger partial charge in [-0.05, 0) is 23.9 Å². The molecule has 4 N–H and O–H groups in total. The van der Waals surface area contributed by atoms with Crippen LogP contribution in [0.3, 0.4) is 0 Å². The van der Waals surface area contributed by atoms with E-state index in [0.29, 0.717) is 17.5 Å². The molecule has 2 aromatic heterocycles. The Morgan fingerprint density at radius 2 is 2.00 bits per heavy atom. The molecule has 2 heterocycles. The average Bonchev–Trinajstić information content (AvgIpc) is 3.30. The van der Waals surface area contributed by atoms with E-state index in [-0.39, 0.29) is 0 Å². The van der Waals surface area contributed by atoms with Crippen LogP contribution >= 0.6 is 23.1 Å². The fraction of sp³-hybridized carbons (Fsp3) is 0.176. The Kier molecular flexibility index (Phi) is 6.09. The van der Waals surface area contributed by atoms with E-state index in [9.17, 15) is 9.59 Å². The normalized spacial score (nSPS) is 11.7. The van der Waals surface area contributed by atoms with Gasteiger partial charge in [-0.3, -0.25) is 10.1 Å². The van der Waals surface area contributed by atoms with Gasteiger partial charge in [0.15, 0.2) is 5.82 Å². The number of nitrogens with one attached hydrogen (secondary N) is 2. The molecule has 10 heteroatoms. The first-order valence-corrected chi connectivity index (χ1v) is 9.90. The first-order valence-electron chi connectivity index (χ1n) is 8.14. The lowest BCUT2D eigenvalue weighted by molar-refractivity contribution is -0.119. The minimum absolute atomic E-state index is 0.373. The maximum atomic E-state index is 12.7. The molecule has 0 aliphatic carbocycles.